The molecule has 0 bridgehead atoms. The molecule has 0 spiro atoms. The number of carbonyl (C=O) groups is 2. The number of sulfonamides is 1. The summed E-state index contributed by atoms with van der Waals surface area (Å²) in [6, 6.07) is 19.0. The van der Waals surface area contributed by atoms with E-state index in [4.69, 9.17) is 16.3 Å². The second-order valence-electron chi connectivity index (χ2n) is 7.01. The van der Waals surface area contributed by atoms with Gasteiger partial charge in [-0.2, -0.15) is 0 Å². The van der Waals surface area contributed by atoms with Crippen LogP contribution in [0.4, 0.5) is 5.69 Å². The molecule has 0 unspecified atom stereocenters. The maximum atomic E-state index is 12.5. The van der Waals surface area contributed by atoms with E-state index in [9.17, 15) is 18.0 Å². The van der Waals surface area contributed by atoms with Gasteiger partial charge in [0.15, 0.2) is 12.4 Å². The van der Waals surface area contributed by atoms with Crippen molar-refractivity contribution in [3.63, 3.8) is 0 Å². The molecule has 3 aromatic carbocycles. The van der Waals surface area contributed by atoms with Crippen LogP contribution in [0.25, 0.3) is 0 Å². The van der Waals surface area contributed by atoms with Crippen LogP contribution in [0.5, 0.6) is 5.75 Å². The molecule has 0 saturated heterocycles. The lowest BCUT2D eigenvalue weighted by atomic mass is 10.0. The lowest BCUT2D eigenvalue weighted by molar-refractivity contribution is -0.118. The van der Waals surface area contributed by atoms with Crippen LogP contribution in [0.15, 0.2) is 77.7 Å². The first-order valence-corrected chi connectivity index (χ1v) is 11.3. The summed E-state index contributed by atoms with van der Waals surface area (Å²) in [6.45, 7) is -0.283. The van der Waals surface area contributed by atoms with Gasteiger partial charge in [0.05, 0.1) is 4.90 Å². The second kappa shape index (κ2) is 9.95. The fraction of sp³-hybridized carbons (Fsp3) is 0.130. The minimum atomic E-state index is -3.61. The Morgan fingerprint density at radius 2 is 1.53 bits per heavy atom. The van der Waals surface area contributed by atoms with Crippen molar-refractivity contribution in [2.75, 3.05) is 26.0 Å². The zero-order valence-electron chi connectivity index (χ0n) is 17.4. The zero-order valence-corrected chi connectivity index (χ0v) is 19.0. The van der Waals surface area contributed by atoms with E-state index < -0.39 is 15.9 Å². The Morgan fingerprint density at radius 1 is 0.938 bits per heavy atom. The summed E-state index contributed by atoms with van der Waals surface area (Å²) in [7, 11) is -0.741. The van der Waals surface area contributed by atoms with Crippen molar-refractivity contribution in [3.05, 3.63) is 88.9 Å². The van der Waals surface area contributed by atoms with Crippen molar-refractivity contribution in [1.82, 2.24) is 4.31 Å². The smallest absolute Gasteiger partial charge is 0.262 e. The SMILES string of the molecule is CN(C)S(=O)(=O)c1cccc(NC(=O)COc2ccc(C(=O)c3ccc(Cl)cc3)cc2)c1. The van der Waals surface area contributed by atoms with Gasteiger partial charge in [-0.05, 0) is 66.7 Å². The van der Waals surface area contributed by atoms with Crippen molar-refractivity contribution in [2.45, 2.75) is 4.90 Å². The molecule has 7 nitrogen and oxygen atoms in total. The largest absolute Gasteiger partial charge is 0.484 e. The number of amides is 1. The van der Waals surface area contributed by atoms with Gasteiger partial charge in [-0.3, -0.25) is 9.59 Å². The highest BCUT2D eigenvalue weighted by Crippen LogP contribution is 2.19. The van der Waals surface area contributed by atoms with Crippen molar-refractivity contribution in [1.29, 1.82) is 0 Å². The molecule has 0 radical (unpaired) electrons. The molecule has 0 aliphatic heterocycles. The summed E-state index contributed by atoms with van der Waals surface area (Å²) in [6.07, 6.45) is 0. The van der Waals surface area contributed by atoms with Crippen LogP contribution in [0.1, 0.15) is 15.9 Å². The Bertz CT molecular complexity index is 1220. The predicted octanol–water partition coefficient (Wildman–Crippen LogP) is 3.84. The minimum Gasteiger partial charge on any atom is -0.484 e. The Morgan fingerprint density at radius 3 is 2.12 bits per heavy atom. The van der Waals surface area contributed by atoms with Gasteiger partial charge in [-0.15, -0.1) is 0 Å². The van der Waals surface area contributed by atoms with Crippen molar-refractivity contribution in [3.8, 4) is 5.75 Å². The molecule has 0 aliphatic rings. The first kappa shape index (κ1) is 23.5. The molecule has 32 heavy (non-hydrogen) atoms. The molecule has 3 aromatic rings. The highest BCUT2D eigenvalue weighted by atomic mass is 35.5. The number of nitrogens with zero attached hydrogens (tertiary/aromatic N) is 1. The summed E-state index contributed by atoms with van der Waals surface area (Å²) < 4.78 is 31.0. The zero-order chi connectivity index (χ0) is 23.3. The second-order valence-corrected chi connectivity index (χ2v) is 9.60. The quantitative estimate of drug-likeness (QED) is 0.503. The van der Waals surface area contributed by atoms with E-state index >= 15 is 0 Å². The normalized spacial score (nSPS) is 11.2. The lowest BCUT2D eigenvalue weighted by Gasteiger charge is -2.13. The van der Waals surface area contributed by atoms with Crippen molar-refractivity contribution >= 4 is 39.0 Å². The fourth-order valence-electron chi connectivity index (χ4n) is 2.76. The van der Waals surface area contributed by atoms with E-state index in [1.807, 2.05) is 0 Å². The molecular weight excluding hydrogens is 452 g/mol. The molecule has 0 fully saturated rings. The van der Waals surface area contributed by atoms with Crippen LogP contribution >= 0.6 is 11.6 Å². The first-order valence-electron chi connectivity index (χ1n) is 9.52. The van der Waals surface area contributed by atoms with Crippen LogP contribution in [-0.2, 0) is 14.8 Å². The minimum absolute atomic E-state index is 0.0714. The lowest BCUT2D eigenvalue weighted by Crippen LogP contribution is -2.23. The molecule has 3 rings (SSSR count). The van der Waals surface area contributed by atoms with Crippen LogP contribution in [0, 0.1) is 0 Å². The van der Waals surface area contributed by atoms with Gasteiger partial charge in [0, 0.05) is 35.9 Å². The van der Waals surface area contributed by atoms with Gasteiger partial charge in [0.25, 0.3) is 5.91 Å². The third kappa shape index (κ3) is 5.73. The summed E-state index contributed by atoms with van der Waals surface area (Å²) in [4.78, 5) is 24.8. The van der Waals surface area contributed by atoms with E-state index in [1.54, 1.807) is 60.7 Å². The average Bonchev–Trinajstić information content (AvgIpc) is 2.78. The molecule has 0 aliphatic carbocycles. The highest BCUT2D eigenvalue weighted by molar-refractivity contribution is 7.89. The summed E-state index contributed by atoms with van der Waals surface area (Å²) in [5.41, 5.74) is 1.33. The number of carbonyl (C=O) groups excluding carboxylic acids is 2. The fourth-order valence-corrected chi connectivity index (χ4v) is 3.84. The van der Waals surface area contributed by atoms with E-state index in [1.165, 1.54) is 26.2 Å². The predicted molar refractivity (Wildman–Crippen MR) is 123 cm³/mol. The van der Waals surface area contributed by atoms with Gasteiger partial charge in [0.1, 0.15) is 5.75 Å². The number of nitrogens with one attached hydrogen (secondary N) is 1. The third-order valence-corrected chi connectivity index (χ3v) is 6.55. The number of hydrogen-bond donors (Lipinski definition) is 1. The number of ether oxygens (including phenoxy) is 1. The Hall–Kier alpha value is -3.20. The number of benzene rings is 3. The molecule has 0 atom stereocenters. The molecule has 0 heterocycles. The molecule has 0 aromatic heterocycles. The Labute approximate surface area is 191 Å². The van der Waals surface area contributed by atoms with Crippen LogP contribution in [0.3, 0.4) is 0 Å². The molecule has 1 amide bonds. The molecule has 9 heteroatoms. The highest BCUT2D eigenvalue weighted by Gasteiger charge is 2.17. The first-order chi connectivity index (χ1) is 15.2. The Balaban J connectivity index is 1.58. The van der Waals surface area contributed by atoms with Crippen LogP contribution in [-0.4, -0.2) is 45.1 Å². The maximum Gasteiger partial charge on any atom is 0.262 e. The van der Waals surface area contributed by atoms with Gasteiger partial charge in [-0.25, -0.2) is 12.7 Å². The number of hydrogen-bond acceptors (Lipinski definition) is 5. The van der Waals surface area contributed by atoms with Crippen molar-refractivity contribution < 1.29 is 22.7 Å². The van der Waals surface area contributed by atoms with E-state index in [2.05, 4.69) is 5.32 Å². The number of anilines is 1. The molecule has 0 saturated carbocycles. The maximum absolute atomic E-state index is 12.5. The molecule has 1 N–H and O–H groups in total. The number of rotatable bonds is 8. The van der Waals surface area contributed by atoms with Crippen LogP contribution < -0.4 is 10.1 Å². The van der Waals surface area contributed by atoms with Crippen LogP contribution in [0.2, 0.25) is 5.02 Å². The molecule has 166 valence electrons. The van der Waals surface area contributed by atoms with E-state index in [-0.39, 0.29) is 17.3 Å². The van der Waals surface area contributed by atoms with E-state index in [0.29, 0.717) is 27.6 Å². The molecular formula is C23H21ClN2O5S. The average molecular weight is 473 g/mol. The monoisotopic (exact) mass is 472 g/mol. The third-order valence-electron chi connectivity index (χ3n) is 4.49. The van der Waals surface area contributed by atoms with Gasteiger partial charge < -0.3 is 10.1 Å². The van der Waals surface area contributed by atoms with Gasteiger partial charge in [-0.1, -0.05) is 17.7 Å². The summed E-state index contributed by atoms with van der Waals surface area (Å²) in [5.74, 6) is -0.194. The number of ketones is 1. The van der Waals surface area contributed by atoms with E-state index in [0.717, 1.165) is 4.31 Å². The van der Waals surface area contributed by atoms with Gasteiger partial charge >= 0.3 is 0 Å². The summed E-state index contributed by atoms with van der Waals surface area (Å²) in [5, 5.41) is 3.16. The Kier molecular flexibility index (Phi) is 7.29. The topological polar surface area (TPSA) is 92.8 Å². The van der Waals surface area contributed by atoms with Gasteiger partial charge in [0.2, 0.25) is 10.0 Å². The standard InChI is InChI=1S/C23H21ClN2O5S/c1-26(2)32(29,30)21-5-3-4-19(14-21)25-22(27)15-31-20-12-8-17(9-13-20)23(28)16-6-10-18(24)11-7-16/h3-14H,15H2,1-2H3,(H,25,27). The van der Waals surface area contributed by atoms with Crippen molar-refractivity contribution in [2.24, 2.45) is 0 Å². The summed E-state index contributed by atoms with van der Waals surface area (Å²) >= 11 is 5.85. The number of halogens is 1.